The number of pyridine rings is 1. The number of rotatable bonds is 2. The summed E-state index contributed by atoms with van der Waals surface area (Å²) in [5.41, 5.74) is 3.73. The number of ether oxygens (including phenoxy) is 1. The largest absolute Gasteiger partial charge is 0.456 e. The number of para-hydroxylation sites is 1. The van der Waals surface area contributed by atoms with Gasteiger partial charge >= 0.3 is 0 Å². The van der Waals surface area contributed by atoms with Gasteiger partial charge in [0.15, 0.2) is 11.4 Å². The van der Waals surface area contributed by atoms with E-state index in [1.54, 1.807) is 0 Å². The smallest absolute Gasteiger partial charge is 0.247 e. The van der Waals surface area contributed by atoms with Crippen molar-refractivity contribution in [2.45, 2.75) is 31.9 Å². The van der Waals surface area contributed by atoms with Gasteiger partial charge in [0.25, 0.3) is 0 Å². The molecule has 0 amide bonds. The molecule has 4 nitrogen and oxygen atoms in total. The Morgan fingerprint density at radius 2 is 1.92 bits per heavy atom. The zero-order chi connectivity index (χ0) is 17.8. The molecule has 1 atom stereocenters. The fourth-order valence-corrected chi connectivity index (χ4v) is 4.24. The second kappa shape index (κ2) is 5.33. The van der Waals surface area contributed by atoms with Crippen molar-refractivity contribution in [3.8, 4) is 5.75 Å². The molecule has 0 aliphatic carbocycles. The number of benzene rings is 1. The summed E-state index contributed by atoms with van der Waals surface area (Å²) in [4.78, 5) is 2.20. The number of aliphatic hydroxyl groups is 1. The Balaban J connectivity index is 1.91. The summed E-state index contributed by atoms with van der Waals surface area (Å²) in [5, 5.41) is 9.69. The van der Waals surface area contributed by atoms with Crippen LogP contribution >= 0.6 is 0 Å². The van der Waals surface area contributed by atoms with Crippen LogP contribution in [-0.2, 0) is 12.5 Å². The van der Waals surface area contributed by atoms with Crippen LogP contribution in [0.25, 0.3) is 6.08 Å². The first kappa shape index (κ1) is 16.2. The quantitative estimate of drug-likeness (QED) is 0.856. The number of fused-ring (bicyclic) bond motifs is 2. The number of aliphatic hydroxyl groups excluding tert-OH is 1. The predicted octanol–water partition coefficient (Wildman–Crippen LogP) is 2.71. The maximum atomic E-state index is 9.69. The summed E-state index contributed by atoms with van der Waals surface area (Å²) >= 11 is 0. The van der Waals surface area contributed by atoms with Crippen molar-refractivity contribution in [1.82, 2.24) is 0 Å². The molecule has 0 saturated carbocycles. The maximum absolute atomic E-state index is 9.69. The highest BCUT2D eigenvalue weighted by molar-refractivity contribution is 5.71. The number of hydrogen-bond acceptors (Lipinski definition) is 3. The normalized spacial score (nSPS) is 22.7. The molecule has 25 heavy (non-hydrogen) atoms. The van der Waals surface area contributed by atoms with Crippen molar-refractivity contribution in [1.29, 1.82) is 0 Å². The highest BCUT2D eigenvalue weighted by Crippen LogP contribution is 2.54. The summed E-state index contributed by atoms with van der Waals surface area (Å²) in [7, 11) is 2.06. The second-order valence-corrected chi connectivity index (χ2v) is 7.43. The third kappa shape index (κ3) is 2.00. The molecule has 0 fully saturated rings. The molecule has 1 spiro atoms. The molecule has 130 valence electrons. The zero-order valence-corrected chi connectivity index (χ0v) is 15.3. The third-order valence-corrected chi connectivity index (χ3v) is 5.84. The van der Waals surface area contributed by atoms with Gasteiger partial charge in [-0.2, -0.15) is 4.57 Å². The molecule has 1 aromatic heterocycles. The molecule has 1 N–H and O–H groups in total. The van der Waals surface area contributed by atoms with Gasteiger partial charge in [-0.05, 0) is 37.6 Å². The van der Waals surface area contributed by atoms with E-state index < -0.39 is 5.72 Å². The third-order valence-electron chi connectivity index (χ3n) is 5.84. The summed E-state index contributed by atoms with van der Waals surface area (Å²) in [6.07, 6.45) is 4.31. The maximum Gasteiger partial charge on any atom is 0.247 e. The van der Waals surface area contributed by atoms with Crippen molar-refractivity contribution >= 4 is 11.8 Å². The van der Waals surface area contributed by atoms with Crippen LogP contribution < -0.4 is 14.2 Å². The Labute approximate surface area is 149 Å². The summed E-state index contributed by atoms with van der Waals surface area (Å²) in [5.74, 6) is 0.874. The molecule has 1 aromatic carbocycles. The van der Waals surface area contributed by atoms with E-state index >= 15 is 0 Å². The van der Waals surface area contributed by atoms with E-state index in [4.69, 9.17) is 4.74 Å². The Hall–Kier alpha value is -2.33. The fraction of sp³-hybridized carbons (Fsp3) is 0.381. The van der Waals surface area contributed by atoms with Gasteiger partial charge in [-0.15, -0.1) is 0 Å². The van der Waals surface area contributed by atoms with Crippen LogP contribution in [0.3, 0.4) is 0 Å². The molecule has 2 aromatic rings. The van der Waals surface area contributed by atoms with Gasteiger partial charge in [0.2, 0.25) is 11.4 Å². The lowest BCUT2D eigenvalue weighted by Gasteiger charge is -2.46. The molecule has 2 aliphatic rings. The minimum Gasteiger partial charge on any atom is -0.456 e. The highest BCUT2D eigenvalue weighted by Gasteiger charge is 2.59. The fourth-order valence-electron chi connectivity index (χ4n) is 4.24. The van der Waals surface area contributed by atoms with E-state index in [0.717, 1.165) is 17.1 Å². The zero-order valence-electron chi connectivity index (χ0n) is 15.3. The Morgan fingerprint density at radius 3 is 2.68 bits per heavy atom. The van der Waals surface area contributed by atoms with Crippen LogP contribution in [-0.4, -0.2) is 24.0 Å². The summed E-state index contributed by atoms with van der Waals surface area (Å²) in [6.45, 7) is 7.13. The Bertz CT molecular complexity index is 872. The van der Waals surface area contributed by atoms with Crippen LogP contribution in [0.1, 0.15) is 30.8 Å². The first-order chi connectivity index (χ1) is 11.9. The molecule has 0 radical (unpaired) electrons. The average molecular weight is 337 g/mol. The molecule has 3 heterocycles. The van der Waals surface area contributed by atoms with Gasteiger partial charge in [-0.25, -0.2) is 0 Å². The van der Waals surface area contributed by atoms with Crippen molar-refractivity contribution in [3.63, 3.8) is 0 Å². The number of nitrogens with zero attached hydrogens (tertiary/aromatic N) is 2. The van der Waals surface area contributed by atoms with E-state index in [9.17, 15) is 5.11 Å². The van der Waals surface area contributed by atoms with E-state index in [0.29, 0.717) is 6.54 Å². The van der Waals surface area contributed by atoms with Crippen molar-refractivity contribution < 1.29 is 14.4 Å². The van der Waals surface area contributed by atoms with Gasteiger partial charge in [0.05, 0.1) is 12.0 Å². The SMILES string of the molecule is Cc1ccc2c([n+]1C)C=CC1(O2)N(CCO)c2ccccc2C1(C)C. The van der Waals surface area contributed by atoms with Crippen LogP contribution in [0, 0.1) is 6.92 Å². The second-order valence-electron chi connectivity index (χ2n) is 7.43. The van der Waals surface area contributed by atoms with Gasteiger partial charge in [0.1, 0.15) is 7.05 Å². The Morgan fingerprint density at radius 1 is 1.16 bits per heavy atom. The molecule has 0 saturated heterocycles. The molecular formula is C21H25N2O2+. The first-order valence-electron chi connectivity index (χ1n) is 8.78. The molecule has 1 unspecified atom stereocenters. The van der Waals surface area contributed by atoms with Crippen molar-refractivity contribution in [2.75, 3.05) is 18.1 Å². The summed E-state index contributed by atoms with van der Waals surface area (Å²) < 4.78 is 8.83. The van der Waals surface area contributed by atoms with Crippen molar-refractivity contribution in [3.05, 3.63) is 59.4 Å². The van der Waals surface area contributed by atoms with Crippen LogP contribution in [0.5, 0.6) is 5.75 Å². The predicted molar refractivity (Wildman–Crippen MR) is 98.6 cm³/mol. The van der Waals surface area contributed by atoms with Gasteiger partial charge < -0.3 is 14.7 Å². The lowest BCUT2D eigenvalue weighted by Crippen LogP contribution is -2.60. The minimum absolute atomic E-state index is 0.0812. The van der Waals surface area contributed by atoms with Gasteiger partial charge in [-0.1, -0.05) is 18.2 Å². The minimum atomic E-state index is -0.644. The monoisotopic (exact) mass is 337 g/mol. The van der Waals surface area contributed by atoms with Crippen LogP contribution in [0.15, 0.2) is 42.5 Å². The lowest BCUT2D eigenvalue weighted by molar-refractivity contribution is -0.680. The van der Waals surface area contributed by atoms with Crippen molar-refractivity contribution in [2.24, 2.45) is 7.05 Å². The molecule has 0 bridgehead atoms. The lowest BCUT2D eigenvalue weighted by atomic mass is 9.76. The average Bonchev–Trinajstić information content (AvgIpc) is 2.78. The molecule has 2 aliphatic heterocycles. The van der Waals surface area contributed by atoms with Gasteiger partial charge in [-0.3, -0.25) is 0 Å². The standard InChI is InChI=1S/C21H25N2O2/c1-15-9-10-19-18(22(15)4)11-12-21(25-19)20(2,3)16-7-5-6-8-17(16)23(21)13-14-24/h5-12,24H,13-14H2,1-4H3/q+1. The van der Waals surface area contributed by atoms with E-state index in [1.807, 2.05) is 12.1 Å². The number of aryl methyl sites for hydroxylation is 1. The van der Waals surface area contributed by atoms with E-state index in [1.165, 1.54) is 11.3 Å². The van der Waals surface area contributed by atoms with Crippen LogP contribution in [0.4, 0.5) is 5.69 Å². The van der Waals surface area contributed by atoms with E-state index in [2.05, 4.69) is 73.7 Å². The van der Waals surface area contributed by atoms with E-state index in [-0.39, 0.29) is 12.0 Å². The molecular weight excluding hydrogens is 312 g/mol. The summed E-state index contributed by atoms with van der Waals surface area (Å²) in [6, 6.07) is 12.5. The van der Waals surface area contributed by atoms with Crippen LogP contribution in [0.2, 0.25) is 0 Å². The molecule has 4 heteroatoms. The van der Waals surface area contributed by atoms with Gasteiger partial charge in [0, 0.05) is 31.3 Å². The highest BCUT2D eigenvalue weighted by atomic mass is 16.5. The number of β-amino-alcohol motifs (C(OH)–C–C–N with tert-alkyl or cyclic N) is 1. The number of hydrogen-bond donors (Lipinski definition) is 1. The topological polar surface area (TPSA) is 36.6 Å². The first-order valence-corrected chi connectivity index (χ1v) is 8.78. The number of anilines is 1. The Kier molecular flexibility index (Phi) is 3.45. The molecule has 4 rings (SSSR count). The number of aromatic nitrogens is 1.